The Morgan fingerprint density at radius 3 is 2.94 bits per heavy atom. The van der Waals surface area contributed by atoms with Crippen molar-refractivity contribution in [2.45, 2.75) is 22.2 Å². The van der Waals surface area contributed by atoms with E-state index in [0.29, 0.717) is 5.56 Å². The molecule has 1 atom stereocenters. The average molecular weight is 254 g/mol. The van der Waals surface area contributed by atoms with Crippen LogP contribution in [0.4, 0.5) is 4.39 Å². The highest BCUT2D eigenvalue weighted by Gasteiger charge is 2.13. The third-order valence-electron chi connectivity index (χ3n) is 2.08. The van der Waals surface area contributed by atoms with Crippen LogP contribution in [0.1, 0.15) is 18.5 Å². The molecule has 5 heteroatoms. The molecule has 1 aromatic heterocycles. The van der Waals surface area contributed by atoms with Gasteiger partial charge in [0.1, 0.15) is 5.82 Å². The normalized spacial score (nSPS) is 12.7. The molecule has 16 heavy (non-hydrogen) atoms. The van der Waals surface area contributed by atoms with Crippen molar-refractivity contribution in [3.8, 4) is 0 Å². The fourth-order valence-corrected chi connectivity index (χ4v) is 3.23. The predicted molar refractivity (Wildman–Crippen MR) is 65.2 cm³/mol. The zero-order valence-electron chi connectivity index (χ0n) is 8.68. The summed E-state index contributed by atoms with van der Waals surface area (Å²) in [5, 5.41) is 1.90. The molecule has 1 heterocycles. The molecule has 0 aliphatic heterocycles. The van der Waals surface area contributed by atoms with Crippen molar-refractivity contribution in [1.29, 1.82) is 0 Å². The molecule has 2 aromatic rings. The second-order valence-corrected chi connectivity index (χ2v) is 5.52. The van der Waals surface area contributed by atoms with Crippen LogP contribution in [0.3, 0.4) is 0 Å². The lowest BCUT2D eigenvalue weighted by molar-refractivity contribution is 0.585. The monoisotopic (exact) mass is 254 g/mol. The van der Waals surface area contributed by atoms with Crippen LogP contribution >= 0.6 is 23.1 Å². The lowest BCUT2D eigenvalue weighted by Crippen LogP contribution is -2.08. The van der Waals surface area contributed by atoms with Crippen LogP contribution in [0, 0.1) is 5.82 Å². The first kappa shape index (κ1) is 11.6. The van der Waals surface area contributed by atoms with Gasteiger partial charge in [-0.1, -0.05) is 17.8 Å². The third-order valence-corrected chi connectivity index (χ3v) is 4.03. The standard InChI is InChI=1S/C11H11FN2S2/c1-7(13)10-8(12)3-2-4-9(10)16-11-14-5-6-15-11/h2-7H,13H2,1H3/t7-/m1/s1. The van der Waals surface area contributed by atoms with E-state index in [0.717, 1.165) is 9.24 Å². The van der Waals surface area contributed by atoms with E-state index in [2.05, 4.69) is 4.98 Å². The molecule has 0 radical (unpaired) electrons. The summed E-state index contributed by atoms with van der Waals surface area (Å²) in [6, 6.07) is 4.68. The lowest BCUT2D eigenvalue weighted by atomic mass is 10.1. The van der Waals surface area contributed by atoms with Gasteiger partial charge < -0.3 is 5.73 Å². The highest BCUT2D eigenvalue weighted by molar-refractivity contribution is 8.01. The van der Waals surface area contributed by atoms with Crippen molar-refractivity contribution >= 4 is 23.1 Å². The molecule has 0 amide bonds. The van der Waals surface area contributed by atoms with Crippen LogP contribution in [-0.4, -0.2) is 4.98 Å². The van der Waals surface area contributed by atoms with Gasteiger partial charge in [0, 0.05) is 28.1 Å². The Hall–Kier alpha value is -0.910. The van der Waals surface area contributed by atoms with Crippen molar-refractivity contribution < 1.29 is 4.39 Å². The van der Waals surface area contributed by atoms with Gasteiger partial charge in [-0.2, -0.15) is 0 Å². The molecule has 2 nitrogen and oxygen atoms in total. The summed E-state index contributed by atoms with van der Waals surface area (Å²) in [5.41, 5.74) is 6.33. The summed E-state index contributed by atoms with van der Waals surface area (Å²) in [7, 11) is 0. The molecule has 0 saturated carbocycles. The number of nitrogens with two attached hydrogens (primary N) is 1. The van der Waals surface area contributed by atoms with Crippen LogP contribution in [-0.2, 0) is 0 Å². The molecule has 0 saturated heterocycles. The first-order valence-corrected chi connectivity index (χ1v) is 6.49. The van der Waals surface area contributed by atoms with Crippen LogP contribution in [0.2, 0.25) is 0 Å². The number of halogens is 1. The highest BCUT2D eigenvalue weighted by Crippen LogP contribution is 2.34. The quantitative estimate of drug-likeness (QED) is 0.911. The van der Waals surface area contributed by atoms with Gasteiger partial charge in [-0.3, -0.25) is 0 Å². The first-order chi connectivity index (χ1) is 7.68. The minimum atomic E-state index is -0.316. The van der Waals surface area contributed by atoms with Crippen LogP contribution in [0.15, 0.2) is 39.0 Å². The summed E-state index contributed by atoms with van der Waals surface area (Å²) in [6.07, 6.45) is 1.73. The second-order valence-electron chi connectivity index (χ2n) is 3.34. The lowest BCUT2D eigenvalue weighted by Gasteiger charge is -2.11. The Morgan fingerprint density at radius 1 is 1.50 bits per heavy atom. The number of benzene rings is 1. The van der Waals surface area contributed by atoms with Gasteiger partial charge in [-0.25, -0.2) is 9.37 Å². The molecule has 0 unspecified atom stereocenters. The second kappa shape index (κ2) is 4.95. The first-order valence-electron chi connectivity index (χ1n) is 4.80. The third kappa shape index (κ3) is 2.42. The SMILES string of the molecule is C[C@@H](N)c1c(F)cccc1Sc1nccs1. The fourth-order valence-electron chi connectivity index (χ4n) is 1.40. The number of hydrogen-bond donors (Lipinski definition) is 1. The number of rotatable bonds is 3. The van der Waals surface area contributed by atoms with E-state index < -0.39 is 0 Å². The summed E-state index contributed by atoms with van der Waals surface area (Å²) in [4.78, 5) is 5.00. The van der Waals surface area contributed by atoms with Gasteiger partial charge >= 0.3 is 0 Å². The van der Waals surface area contributed by atoms with E-state index in [4.69, 9.17) is 5.73 Å². The maximum absolute atomic E-state index is 13.6. The molecule has 1 aromatic carbocycles. The van der Waals surface area contributed by atoms with Crippen LogP contribution in [0.5, 0.6) is 0 Å². The molecule has 2 rings (SSSR count). The van der Waals surface area contributed by atoms with E-state index >= 15 is 0 Å². The fraction of sp³-hybridized carbons (Fsp3) is 0.182. The smallest absolute Gasteiger partial charge is 0.154 e. The summed E-state index contributed by atoms with van der Waals surface area (Å²) in [6.45, 7) is 1.78. The number of nitrogens with zero attached hydrogens (tertiary/aromatic N) is 1. The summed E-state index contributed by atoms with van der Waals surface area (Å²) in [5.74, 6) is -0.253. The number of aromatic nitrogens is 1. The average Bonchev–Trinajstić information content (AvgIpc) is 2.70. The predicted octanol–water partition coefficient (Wildman–Crippen LogP) is 3.45. The summed E-state index contributed by atoms with van der Waals surface area (Å²) < 4.78 is 14.5. The molecule has 0 fully saturated rings. The molecule has 0 spiro atoms. The van der Waals surface area contributed by atoms with Gasteiger partial charge in [0.2, 0.25) is 0 Å². The van der Waals surface area contributed by atoms with Gasteiger partial charge in [0.15, 0.2) is 4.34 Å². The van der Waals surface area contributed by atoms with Crippen LogP contribution in [0.25, 0.3) is 0 Å². The van der Waals surface area contributed by atoms with E-state index in [9.17, 15) is 4.39 Å². The minimum Gasteiger partial charge on any atom is -0.324 e. The number of thiazole rings is 1. The zero-order chi connectivity index (χ0) is 11.5. The Balaban J connectivity index is 2.37. The van der Waals surface area contributed by atoms with Crippen molar-refractivity contribution in [2.24, 2.45) is 5.73 Å². The van der Waals surface area contributed by atoms with Crippen molar-refractivity contribution in [3.63, 3.8) is 0 Å². The van der Waals surface area contributed by atoms with Crippen molar-refractivity contribution in [2.75, 3.05) is 0 Å². The number of hydrogen-bond acceptors (Lipinski definition) is 4. The maximum Gasteiger partial charge on any atom is 0.154 e. The Bertz CT molecular complexity index is 469. The molecule has 0 aliphatic rings. The summed E-state index contributed by atoms with van der Waals surface area (Å²) >= 11 is 2.98. The van der Waals surface area contributed by atoms with Gasteiger partial charge in [0.05, 0.1) is 0 Å². The van der Waals surface area contributed by atoms with Crippen molar-refractivity contribution in [1.82, 2.24) is 4.98 Å². The van der Waals surface area contributed by atoms with Gasteiger partial charge in [-0.15, -0.1) is 11.3 Å². The van der Waals surface area contributed by atoms with E-state index in [1.807, 2.05) is 11.4 Å². The highest BCUT2D eigenvalue weighted by atomic mass is 32.2. The molecule has 0 bridgehead atoms. The van der Waals surface area contributed by atoms with E-state index in [-0.39, 0.29) is 11.9 Å². The van der Waals surface area contributed by atoms with Crippen LogP contribution < -0.4 is 5.73 Å². The Kier molecular flexibility index (Phi) is 3.58. The van der Waals surface area contributed by atoms with Crippen molar-refractivity contribution in [3.05, 3.63) is 41.2 Å². The Morgan fingerprint density at radius 2 is 2.31 bits per heavy atom. The zero-order valence-corrected chi connectivity index (χ0v) is 10.3. The van der Waals surface area contributed by atoms with E-state index in [1.54, 1.807) is 19.2 Å². The maximum atomic E-state index is 13.6. The largest absolute Gasteiger partial charge is 0.324 e. The van der Waals surface area contributed by atoms with Gasteiger partial charge in [0.25, 0.3) is 0 Å². The van der Waals surface area contributed by atoms with E-state index in [1.165, 1.54) is 29.2 Å². The molecular formula is C11H11FN2S2. The topological polar surface area (TPSA) is 38.9 Å². The molecule has 2 N–H and O–H groups in total. The molecular weight excluding hydrogens is 243 g/mol. The minimum absolute atomic E-state index is 0.253. The Labute approximate surface area is 102 Å². The molecule has 84 valence electrons. The van der Waals surface area contributed by atoms with Gasteiger partial charge in [-0.05, 0) is 19.1 Å². The molecule has 0 aliphatic carbocycles.